The second-order valence-electron chi connectivity index (χ2n) is 6.61. The first-order valence-electron chi connectivity index (χ1n) is 8.82. The Kier molecular flexibility index (Phi) is 5.98. The average molecular weight is 358 g/mol. The lowest BCUT2D eigenvalue weighted by Gasteiger charge is -2.25. The molecule has 0 N–H and O–H groups in total. The number of hydrogen-bond donors (Lipinski definition) is 0. The number of halogens is 1. The number of carbonyl (C=O) groups is 1. The smallest absolute Gasteiger partial charge is 0.227 e. The molecule has 1 aliphatic heterocycles. The average Bonchev–Trinajstić information content (AvgIpc) is 2.89. The summed E-state index contributed by atoms with van der Waals surface area (Å²) < 4.78 is 5.25. The molecule has 1 fully saturated rings. The highest BCUT2D eigenvalue weighted by atomic mass is 35.5. The summed E-state index contributed by atoms with van der Waals surface area (Å²) in [5, 5.41) is 0.753. The van der Waals surface area contributed by atoms with E-state index in [1.807, 2.05) is 41.3 Å². The second-order valence-corrected chi connectivity index (χ2v) is 7.05. The van der Waals surface area contributed by atoms with Crippen molar-refractivity contribution in [3.8, 4) is 5.75 Å². The number of amides is 1. The molecule has 0 saturated carbocycles. The summed E-state index contributed by atoms with van der Waals surface area (Å²) in [5.74, 6) is 1.36. The number of rotatable bonds is 4. The van der Waals surface area contributed by atoms with Crippen LogP contribution in [-0.2, 0) is 11.2 Å². The Bertz CT molecular complexity index is 714. The van der Waals surface area contributed by atoms with Gasteiger partial charge in [0.25, 0.3) is 0 Å². The van der Waals surface area contributed by atoms with E-state index in [2.05, 4.69) is 12.1 Å². The zero-order valence-corrected chi connectivity index (χ0v) is 15.3. The number of methoxy groups -OCH3 is 1. The monoisotopic (exact) mass is 357 g/mol. The summed E-state index contributed by atoms with van der Waals surface area (Å²) in [6.45, 7) is 1.62. The molecule has 132 valence electrons. The highest BCUT2D eigenvalue weighted by molar-refractivity contribution is 6.30. The topological polar surface area (TPSA) is 29.5 Å². The van der Waals surface area contributed by atoms with Gasteiger partial charge in [-0.2, -0.15) is 0 Å². The summed E-state index contributed by atoms with van der Waals surface area (Å²) in [5.41, 5.74) is 2.27. The van der Waals surface area contributed by atoms with Crippen LogP contribution >= 0.6 is 11.6 Å². The molecule has 0 unspecified atom stereocenters. The number of carbonyl (C=O) groups excluding carboxylic acids is 1. The zero-order chi connectivity index (χ0) is 17.6. The molecule has 0 bridgehead atoms. The Labute approximate surface area is 154 Å². The third-order valence-electron chi connectivity index (χ3n) is 4.86. The van der Waals surface area contributed by atoms with Crippen molar-refractivity contribution in [1.82, 2.24) is 4.90 Å². The maximum Gasteiger partial charge on any atom is 0.227 e. The van der Waals surface area contributed by atoms with Gasteiger partial charge in [-0.05, 0) is 48.2 Å². The van der Waals surface area contributed by atoms with Gasteiger partial charge in [0.15, 0.2) is 0 Å². The van der Waals surface area contributed by atoms with Crippen molar-refractivity contribution in [1.29, 1.82) is 0 Å². The first-order valence-corrected chi connectivity index (χ1v) is 9.19. The maximum atomic E-state index is 12.8. The SMILES string of the molecule is COc1cccc(CC(=O)N2CCCC[C@H](c3ccc(Cl)cc3)C2)c1. The van der Waals surface area contributed by atoms with Crippen molar-refractivity contribution in [2.24, 2.45) is 0 Å². The van der Waals surface area contributed by atoms with Crippen LogP contribution in [0.3, 0.4) is 0 Å². The lowest BCUT2D eigenvalue weighted by molar-refractivity contribution is -0.130. The van der Waals surface area contributed by atoms with Gasteiger partial charge in [0.05, 0.1) is 13.5 Å². The zero-order valence-electron chi connectivity index (χ0n) is 14.6. The molecule has 25 heavy (non-hydrogen) atoms. The number of benzene rings is 2. The summed E-state index contributed by atoms with van der Waals surface area (Å²) in [6.07, 6.45) is 3.75. The van der Waals surface area contributed by atoms with E-state index in [1.165, 1.54) is 5.56 Å². The van der Waals surface area contributed by atoms with Gasteiger partial charge in [0, 0.05) is 24.0 Å². The van der Waals surface area contributed by atoms with Crippen molar-refractivity contribution in [2.75, 3.05) is 20.2 Å². The standard InChI is InChI=1S/C21H24ClNO2/c1-25-20-7-4-5-16(13-20)14-21(24)23-12-3-2-6-18(15-23)17-8-10-19(22)11-9-17/h4-5,7-11,13,18H,2-3,6,12,14-15H2,1H3/t18-/m0/s1. The Balaban J connectivity index is 1.69. The first-order chi connectivity index (χ1) is 12.2. The van der Waals surface area contributed by atoms with Gasteiger partial charge in [-0.15, -0.1) is 0 Å². The molecule has 2 aromatic carbocycles. The molecule has 1 heterocycles. The number of hydrogen-bond acceptors (Lipinski definition) is 2. The quantitative estimate of drug-likeness (QED) is 0.794. The van der Waals surface area contributed by atoms with E-state index in [4.69, 9.17) is 16.3 Å². The molecule has 3 nitrogen and oxygen atoms in total. The van der Waals surface area contributed by atoms with Crippen LogP contribution in [0.15, 0.2) is 48.5 Å². The van der Waals surface area contributed by atoms with Crippen LogP contribution in [0.2, 0.25) is 5.02 Å². The van der Waals surface area contributed by atoms with E-state index in [1.54, 1.807) is 7.11 Å². The van der Waals surface area contributed by atoms with Crippen molar-refractivity contribution in [3.05, 3.63) is 64.7 Å². The van der Waals surface area contributed by atoms with Crippen LogP contribution in [-0.4, -0.2) is 31.0 Å². The molecule has 1 amide bonds. The van der Waals surface area contributed by atoms with E-state index >= 15 is 0 Å². The summed E-state index contributed by atoms with van der Waals surface area (Å²) in [7, 11) is 1.65. The van der Waals surface area contributed by atoms with Gasteiger partial charge in [-0.1, -0.05) is 42.3 Å². The van der Waals surface area contributed by atoms with Crippen LogP contribution in [0.4, 0.5) is 0 Å². The Morgan fingerprint density at radius 1 is 1.20 bits per heavy atom. The molecule has 1 aliphatic rings. The van der Waals surface area contributed by atoms with E-state index < -0.39 is 0 Å². The van der Waals surface area contributed by atoms with Crippen molar-refractivity contribution in [3.63, 3.8) is 0 Å². The molecule has 0 aliphatic carbocycles. The Hall–Kier alpha value is -2.00. The second kappa shape index (κ2) is 8.39. The van der Waals surface area contributed by atoms with Crippen molar-refractivity contribution < 1.29 is 9.53 Å². The fourth-order valence-electron chi connectivity index (χ4n) is 3.44. The van der Waals surface area contributed by atoms with Crippen LogP contribution < -0.4 is 4.74 Å². The van der Waals surface area contributed by atoms with Crippen molar-refractivity contribution in [2.45, 2.75) is 31.6 Å². The third kappa shape index (κ3) is 4.76. The van der Waals surface area contributed by atoms with Crippen LogP contribution in [0.1, 0.15) is 36.3 Å². The van der Waals surface area contributed by atoms with E-state index in [-0.39, 0.29) is 5.91 Å². The van der Waals surface area contributed by atoms with Crippen LogP contribution in [0.25, 0.3) is 0 Å². The van der Waals surface area contributed by atoms with E-state index in [0.717, 1.165) is 48.7 Å². The molecule has 1 atom stereocenters. The van der Waals surface area contributed by atoms with Crippen LogP contribution in [0.5, 0.6) is 5.75 Å². The highest BCUT2D eigenvalue weighted by Crippen LogP contribution is 2.28. The summed E-state index contributed by atoms with van der Waals surface area (Å²) in [4.78, 5) is 14.8. The van der Waals surface area contributed by atoms with Crippen molar-refractivity contribution >= 4 is 17.5 Å². The predicted molar refractivity (Wildman–Crippen MR) is 101 cm³/mol. The number of likely N-dealkylation sites (tertiary alicyclic amines) is 1. The van der Waals surface area contributed by atoms with Gasteiger partial charge >= 0.3 is 0 Å². The molecular weight excluding hydrogens is 334 g/mol. The van der Waals surface area contributed by atoms with E-state index in [0.29, 0.717) is 12.3 Å². The minimum atomic E-state index is 0.189. The minimum absolute atomic E-state index is 0.189. The molecular formula is C21H24ClNO2. The Morgan fingerprint density at radius 3 is 2.76 bits per heavy atom. The predicted octanol–water partition coefficient (Wildman–Crippen LogP) is 4.69. The normalized spacial score (nSPS) is 17.8. The van der Waals surface area contributed by atoms with Gasteiger partial charge in [-0.3, -0.25) is 4.79 Å². The summed E-state index contributed by atoms with van der Waals surface area (Å²) in [6, 6.07) is 15.8. The maximum absolute atomic E-state index is 12.8. The summed E-state index contributed by atoms with van der Waals surface area (Å²) >= 11 is 6.00. The highest BCUT2D eigenvalue weighted by Gasteiger charge is 2.23. The van der Waals surface area contributed by atoms with Crippen LogP contribution in [0, 0.1) is 0 Å². The fourth-order valence-corrected chi connectivity index (χ4v) is 3.57. The number of ether oxygens (including phenoxy) is 1. The fraction of sp³-hybridized carbons (Fsp3) is 0.381. The Morgan fingerprint density at radius 2 is 2.00 bits per heavy atom. The molecule has 4 heteroatoms. The van der Waals surface area contributed by atoms with Gasteiger partial charge in [-0.25, -0.2) is 0 Å². The molecule has 2 aromatic rings. The van der Waals surface area contributed by atoms with Gasteiger partial charge in [0.2, 0.25) is 5.91 Å². The lowest BCUT2D eigenvalue weighted by atomic mass is 9.94. The molecule has 0 aromatic heterocycles. The third-order valence-corrected chi connectivity index (χ3v) is 5.11. The molecule has 1 saturated heterocycles. The molecule has 3 rings (SSSR count). The molecule has 0 spiro atoms. The number of nitrogens with zero attached hydrogens (tertiary/aromatic N) is 1. The van der Waals surface area contributed by atoms with E-state index in [9.17, 15) is 4.79 Å². The van der Waals surface area contributed by atoms with Gasteiger partial charge in [0.1, 0.15) is 5.75 Å². The largest absolute Gasteiger partial charge is 0.497 e. The lowest BCUT2D eigenvalue weighted by Crippen LogP contribution is -2.35. The minimum Gasteiger partial charge on any atom is -0.497 e. The molecule has 0 radical (unpaired) electrons. The van der Waals surface area contributed by atoms with Gasteiger partial charge < -0.3 is 9.64 Å². The first kappa shape index (κ1) is 17.8.